The van der Waals surface area contributed by atoms with Crippen molar-refractivity contribution in [3.8, 4) is 5.75 Å². The molecule has 1 N–H and O–H groups in total. The number of aliphatic hydroxyl groups is 1. The maximum absolute atomic E-state index is 11.3. The smallest absolute Gasteiger partial charge is 0.412 e. The summed E-state index contributed by atoms with van der Waals surface area (Å²) in [6.45, 7) is 10.3. The van der Waals surface area contributed by atoms with E-state index in [1.807, 2.05) is 24.3 Å². The van der Waals surface area contributed by atoms with Gasteiger partial charge >= 0.3 is 11.9 Å². The first-order chi connectivity index (χ1) is 14.5. The Morgan fingerprint density at radius 2 is 1.17 bits per heavy atom. The second-order valence-electron chi connectivity index (χ2n) is 7.13. The van der Waals surface area contributed by atoms with Gasteiger partial charge in [0.15, 0.2) is 0 Å². The number of rotatable bonds is 18. The van der Waals surface area contributed by atoms with Gasteiger partial charge in [0.1, 0.15) is 5.75 Å². The molecule has 0 aliphatic carbocycles. The van der Waals surface area contributed by atoms with Crippen LogP contribution in [-0.4, -0.2) is 43.5 Å². The first kappa shape index (κ1) is 26.9. The minimum atomic E-state index is -2.26. The fraction of sp³-hybridized carbons (Fsp3) is 0.750. The van der Waals surface area contributed by atoms with E-state index >= 15 is 0 Å². The van der Waals surface area contributed by atoms with Gasteiger partial charge in [-0.25, -0.2) is 0 Å². The molecule has 0 saturated heterocycles. The van der Waals surface area contributed by atoms with E-state index in [1.165, 1.54) is 44.1 Å². The largest absolute Gasteiger partial charge is 0.433 e. The molecule has 1 aromatic carbocycles. The molecule has 0 saturated carbocycles. The average Bonchev–Trinajstić information content (AvgIpc) is 2.72. The molecule has 0 aromatic heterocycles. The molecule has 174 valence electrons. The quantitative estimate of drug-likeness (QED) is 0.250. The molecular weight excluding hydrogens is 384 g/mol. The molecule has 6 nitrogen and oxygen atoms in total. The van der Waals surface area contributed by atoms with Crippen molar-refractivity contribution in [3.05, 3.63) is 29.8 Å². The fourth-order valence-electron chi connectivity index (χ4n) is 3.34. The Bertz CT molecular complexity index is 530. The van der Waals surface area contributed by atoms with E-state index in [1.54, 1.807) is 27.7 Å². The Balaban J connectivity index is 2.85. The lowest BCUT2D eigenvalue weighted by atomic mass is 10.0. The molecule has 1 rings (SSSR count). The van der Waals surface area contributed by atoms with Crippen LogP contribution in [-0.2, 0) is 25.4 Å². The van der Waals surface area contributed by atoms with Crippen molar-refractivity contribution in [2.45, 2.75) is 91.5 Å². The van der Waals surface area contributed by atoms with E-state index in [2.05, 4.69) is 6.92 Å². The van der Waals surface area contributed by atoms with Crippen LogP contribution in [0.2, 0.25) is 0 Å². The summed E-state index contributed by atoms with van der Waals surface area (Å²) in [5, 5.41) is 11.3. The zero-order valence-electron chi connectivity index (χ0n) is 19.6. The van der Waals surface area contributed by atoms with Crippen molar-refractivity contribution < 1.29 is 28.8 Å². The van der Waals surface area contributed by atoms with Crippen molar-refractivity contribution in [3.63, 3.8) is 0 Å². The van der Waals surface area contributed by atoms with Crippen LogP contribution in [0.25, 0.3) is 0 Å². The maximum Gasteiger partial charge on any atom is 0.412 e. The number of aryl methyl sites for hydroxylation is 1. The minimum Gasteiger partial charge on any atom is -0.433 e. The van der Waals surface area contributed by atoms with E-state index in [9.17, 15) is 5.11 Å². The lowest BCUT2D eigenvalue weighted by Crippen LogP contribution is -2.64. The summed E-state index contributed by atoms with van der Waals surface area (Å²) in [6, 6.07) is 7.67. The molecule has 0 bridgehead atoms. The van der Waals surface area contributed by atoms with Gasteiger partial charge in [0.05, 0.1) is 6.61 Å². The molecular formula is C24H42O6. The average molecular weight is 427 g/mol. The number of ether oxygens (including phenoxy) is 5. The summed E-state index contributed by atoms with van der Waals surface area (Å²) in [4.78, 5) is 0. The van der Waals surface area contributed by atoms with E-state index in [0.29, 0.717) is 5.75 Å². The second-order valence-corrected chi connectivity index (χ2v) is 7.13. The summed E-state index contributed by atoms with van der Waals surface area (Å²) in [5.74, 6) is -3.70. The third-order valence-corrected chi connectivity index (χ3v) is 4.73. The number of unbranched alkanes of at least 4 members (excludes halogenated alkanes) is 5. The van der Waals surface area contributed by atoms with Crippen LogP contribution in [0.5, 0.6) is 5.75 Å². The summed E-state index contributed by atoms with van der Waals surface area (Å²) in [5.41, 5.74) is 1.24. The summed E-state index contributed by atoms with van der Waals surface area (Å²) >= 11 is 0. The molecule has 0 amide bonds. The standard InChI is InChI=1S/C24H42O6/c1-6-11-12-13-14-15-16-21-17-19-22(20-18-21)30-23(25,26-7-2)24(27-8-3,28-9-4)29-10-5/h17-20,25H,6-16H2,1-5H3. The van der Waals surface area contributed by atoms with Gasteiger partial charge in [0.25, 0.3) is 0 Å². The van der Waals surface area contributed by atoms with Crippen LogP contribution in [0, 0.1) is 0 Å². The Kier molecular flexibility index (Phi) is 13.2. The predicted octanol–water partition coefficient (Wildman–Crippen LogP) is 5.41. The Morgan fingerprint density at radius 1 is 0.667 bits per heavy atom. The molecule has 30 heavy (non-hydrogen) atoms. The van der Waals surface area contributed by atoms with Crippen LogP contribution in [0.4, 0.5) is 0 Å². The molecule has 1 unspecified atom stereocenters. The lowest BCUT2D eigenvalue weighted by molar-refractivity contribution is -0.535. The van der Waals surface area contributed by atoms with Gasteiger partial charge in [-0.15, -0.1) is 0 Å². The molecule has 6 heteroatoms. The van der Waals surface area contributed by atoms with Crippen molar-refractivity contribution >= 4 is 0 Å². The van der Waals surface area contributed by atoms with Crippen LogP contribution in [0.15, 0.2) is 24.3 Å². The first-order valence-corrected chi connectivity index (χ1v) is 11.6. The molecule has 0 fully saturated rings. The van der Waals surface area contributed by atoms with Crippen LogP contribution in [0.3, 0.4) is 0 Å². The predicted molar refractivity (Wildman–Crippen MR) is 118 cm³/mol. The molecule has 1 aromatic rings. The molecule has 0 aliphatic rings. The number of benzene rings is 1. The van der Waals surface area contributed by atoms with Gasteiger partial charge in [0.2, 0.25) is 0 Å². The van der Waals surface area contributed by atoms with Gasteiger partial charge in [-0.2, -0.15) is 0 Å². The van der Waals surface area contributed by atoms with Crippen molar-refractivity contribution in [2.75, 3.05) is 26.4 Å². The summed E-state index contributed by atoms with van der Waals surface area (Å²) in [7, 11) is 0. The van der Waals surface area contributed by atoms with Gasteiger partial charge in [-0.05, 0) is 58.2 Å². The third-order valence-electron chi connectivity index (χ3n) is 4.73. The van der Waals surface area contributed by atoms with E-state index in [4.69, 9.17) is 23.7 Å². The minimum absolute atomic E-state index is 0.182. The monoisotopic (exact) mass is 426 g/mol. The molecule has 1 atom stereocenters. The van der Waals surface area contributed by atoms with Gasteiger partial charge in [0, 0.05) is 19.8 Å². The van der Waals surface area contributed by atoms with Crippen molar-refractivity contribution in [1.29, 1.82) is 0 Å². The Hall–Kier alpha value is -1.18. The highest BCUT2D eigenvalue weighted by Crippen LogP contribution is 2.34. The maximum atomic E-state index is 11.3. The SMILES string of the molecule is CCCCCCCCc1ccc(OC(O)(OCC)C(OCC)(OCC)OCC)cc1. The van der Waals surface area contributed by atoms with Crippen molar-refractivity contribution in [1.82, 2.24) is 0 Å². The number of hydrogen-bond donors (Lipinski definition) is 1. The van der Waals surface area contributed by atoms with Gasteiger partial charge in [-0.3, -0.25) is 0 Å². The molecule has 0 aliphatic heterocycles. The Labute approximate surface area is 182 Å². The van der Waals surface area contributed by atoms with E-state index in [-0.39, 0.29) is 26.4 Å². The van der Waals surface area contributed by atoms with E-state index in [0.717, 1.165) is 6.42 Å². The highest BCUT2D eigenvalue weighted by Gasteiger charge is 2.60. The normalized spacial score (nSPS) is 13.9. The van der Waals surface area contributed by atoms with Gasteiger partial charge in [-0.1, -0.05) is 51.2 Å². The van der Waals surface area contributed by atoms with Crippen molar-refractivity contribution in [2.24, 2.45) is 0 Å². The van der Waals surface area contributed by atoms with E-state index < -0.39 is 11.9 Å². The highest BCUT2D eigenvalue weighted by molar-refractivity contribution is 5.27. The Morgan fingerprint density at radius 3 is 1.67 bits per heavy atom. The first-order valence-electron chi connectivity index (χ1n) is 11.6. The van der Waals surface area contributed by atoms with Crippen LogP contribution < -0.4 is 4.74 Å². The summed E-state index contributed by atoms with van der Waals surface area (Å²) in [6.07, 6.45) is 8.67. The number of hydrogen-bond acceptors (Lipinski definition) is 6. The molecule has 0 heterocycles. The summed E-state index contributed by atoms with van der Waals surface area (Å²) < 4.78 is 28.4. The van der Waals surface area contributed by atoms with Crippen LogP contribution in [0.1, 0.15) is 78.7 Å². The molecule has 0 radical (unpaired) electrons. The third kappa shape index (κ3) is 8.16. The lowest BCUT2D eigenvalue weighted by Gasteiger charge is -2.42. The zero-order chi connectivity index (χ0) is 22.3. The second kappa shape index (κ2) is 14.8. The highest BCUT2D eigenvalue weighted by atomic mass is 17.0. The van der Waals surface area contributed by atoms with Gasteiger partial charge < -0.3 is 28.8 Å². The topological polar surface area (TPSA) is 66.4 Å². The zero-order valence-corrected chi connectivity index (χ0v) is 19.6. The van der Waals surface area contributed by atoms with Crippen LogP contribution >= 0.6 is 0 Å². The fourth-order valence-corrected chi connectivity index (χ4v) is 3.34. The molecule has 0 spiro atoms.